The summed E-state index contributed by atoms with van der Waals surface area (Å²) in [7, 11) is 1.73. The summed E-state index contributed by atoms with van der Waals surface area (Å²) in [6, 6.07) is 12.3. The molecular weight excluding hydrogens is 342 g/mol. The number of methoxy groups -OCH3 is 1. The van der Waals surface area contributed by atoms with E-state index in [0.29, 0.717) is 11.8 Å². The summed E-state index contributed by atoms with van der Waals surface area (Å²) in [5.74, 6) is 1.40. The molecule has 0 unspecified atom stereocenters. The zero-order valence-corrected chi connectivity index (χ0v) is 15.8. The van der Waals surface area contributed by atoms with Crippen molar-refractivity contribution < 1.29 is 13.9 Å². The second-order valence-corrected chi connectivity index (χ2v) is 7.20. The number of hydrogen-bond acceptors (Lipinski definition) is 5. The van der Waals surface area contributed by atoms with E-state index in [4.69, 9.17) is 9.15 Å². The van der Waals surface area contributed by atoms with Gasteiger partial charge in [-0.2, -0.15) is 0 Å². The van der Waals surface area contributed by atoms with Crippen LogP contribution in [0.2, 0.25) is 0 Å². The standard InChI is InChI=1S/C21H27N3O3/c1-26-19-6-3-2-5-18(19)23-14-12-22(13-15-23)17-8-10-24(11-9-17)21(25)20-7-4-16-27-20/h2-7,16-17H,8-15H2,1H3. The molecule has 2 saturated heterocycles. The molecule has 27 heavy (non-hydrogen) atoms. The Hall–Kier alpha value is -2.47. The van der Waals surface area contributed by atoms with Crippen LogP contribution < -0.4 is 9.64 Å². The van der Waals surface area contributed by atoms with Gasteiger partial charge in [0.2, 0.25) is 0 Å². The van der Waals surface area contributed by atoms with Gasteiger partial charge in [0, 0.05) is 45.3 Å². The first-order valence-corrected chi connectivity index (χ1v) is 9.71. The first-order chi connectivity index (χ1) is 13.3. The number of carbonyl (C=O) groups is 1. The van der Waals surface area contributed by atoms with Gasteiger partial charge in [-0.15, -0.1) is 0 Å². The number of benzene rings is 1. The van der Waals surface area contributed by atoms with E-state index >= 15 is 0 Å². The van der Waals surface area contributed by atoms with Crippen molar-refractivity contribution in [1.82, 2.24) is 9.80 Å². The highest BCUT2D eigenvalue weighted by atomic mass is 16.5. The number of para-hydroxylation sites is 2. The van der Waals surface area contributed by atoms with Crippen LogP contribution >= 0.6 is 0 Å². The van der Waals surface area contributed by atoms with Gasteiger partial charge < -0.3 is 19.0 Å². The van der Waals surface area contributed by atoms with E-state index in [-0.39, 0.29) is 5.91 Å². The summed E-state index contributed by atoms with van der Waals surface area (Å²) in [4.78, 5) is 19.3. The Morgan fingerprint density at radius 2 is 1.74 bits per heavy atom. The molecule has 0 radical (unpaired) electrons. The maximum atomic E-state index is 12.4. The fourth-order valence-electron chi connectivity index (χ4n) is 4.21. The quantitative estimate of drug-likeness (QED) is 0.829. The summed E-state index contributed by atoms with van der Waals surface area (Å²) < 4.78 is 10.8. The van der Waals surface area contributed by atoms with E-state index in [0.717, 1.165) is 57.9 Å². The van der Waals surface area contributed by atoms with Crippen molar-refractivity contribution in [2.24, 2.45) is 0 Å². The van der Waals surface area contributed by atoms with E-state index in [9.17, 15) is 4.79 Å². The smallest absolute Gasteiger partial charge is 0.289 e. The number of rotatable bonds is 4. The molecule has 4 rings (SSSR count). The van der Waals surface area contributed by atoms with Gasteiger partial charge in [0.25, 0.3) is 5.91 Å². The molecule has 6 heteroatoms. The summed E-state index contributed by atoms with van der Waals surface area (Å²) >= 11 is 0. The van der Waals surface area contributed by atoms with Gasteiger partial charge in [-0.1, -0.05) is 12.1 Å². The fraction of sp³-hybridized carbons (Fsp3) is 0.476. The number of piperidine rings is 1. The molecule has 0 aliphatic carbocycles. The molecule has 144 valence electrons. The number of nitrogens with zero attached hydrogens (tertiary/aromatic N) is 3. The maximum Gasteiger partial charge on any atom is 0.289 e. The zero-order valence-electron chi connectivity index (χ0n) is 15.8. The predicted molar refractivity (Wildman–Crippen MR) is 104 cm³/mol. The molecule has 2 aromatic rings. The molecule has 2 aliphatic heterocycles. The number of furan rings is 1. The van der Waals surface area contributed by atoms with Crippen LogP contribution in [0.25, 0.3) is 0 Å². The molecule has 0 saturated carbocycles. The minimum atomic E-state index is 0.0134. The molecule has 0 N–H and O–H groups in total. The van der Waals surface area contributed by atoms with Gasteiger partial charge in [-0.3, -0.25) is 9.69 Å². The topological polar surface area (TPSA) is 49.2 Å². The highest BCUT2D eigenvalue weighted by Gasteiger charge is 2.30. The van der Waals surface area contributed by atoms with Crippen LogP contribution in [0, 0.1) is 0 Å². The van der Waals surface area contributed by atoms with Gasteiger partial charge in [-0.25, -0.2) is 0 Å². The Balaban J connectivity index is 1.29. The van der Waals surface area contributed by atoms with Gasteiger partial charge in [0.05, 0.1) is 19.1 Å². The van der Waals surface area contributed by atoms with Crippen molar-refractivity contribution in [2.75, 3.05) is 51.3 Å². The van der Waals surface area contributed by atoms with Crippen LogP contribution in [0.15, 0.2) is 47.1 Å². The number of carbonyl (C=O) groups excluding carboxylic acids is 1. The molecule has 2 aliphatic rings. The van der Waals surface area contributed by atoms with Crippen LogP contribution in [0.4, 0.5) is 5.69 Å². The first kappa shape index (κ1) is 17.9. The molecule has 6 nitrogen and oxygen atoms in total. The largest absolute Gasteiger partial charge is 0.495 e. The molecule has 3 heterocycles. The molecular formula is C21H27N3O3. The maximum absolute atomic E-state index is 12.4. The van der Waals surface area contributed by atoms with Crippen LogP contribution in [-0.2, 0) is 0 Å². The number of likely N-dealkylation sites (tertiary alicyclic amines) is 1. The Kier molecular flexibility index (Phi) is 5.34. The number of amides is 1. The molecule has 1 amide bonds. The monoisotopic (exact) mass is 369 g/mol. The van der Waals surface area contributed by atoms with E-state index in [1.165, 1.54) is 5.69 Å². The average Bonchev–Trinajstić information content (AvgIpc) is 3.28. The van der Waals surface area contributed by atoms with Crippen LogP contribution in [-0.4, -0.2) is 68.1 Å². The molecule has 1 aromatic heterocycles. The summed E-state index contributed by atoms with van der Waals surface area (Å²) in [6.45, 7) is 5.72. The minimum absolute atomic E-state index is 0.0134. The first-order valence-electron chi connectivity index (χ1n) is 9.71. The van der Waals surface area contributed by atoms with Crippen molar-refractivity contribution in [3.8, 4) is 5.75 Å². The highest BCUT2D eigenvalue weighted by molar-refractivity contribution is 5.91. The van der Waals surface area contributed by atoms with Crippen molar-refractivity contribution in [1.29, 1.82) is 0 Å². The Labute approximate surface area is 160 Å². The third-order valence-corrected chi connectivity index (χ3v) is 5.74. The fourth-order valence-corrected chi connectivity index (χ4v) is 4.21. The predicted octanol–water partition coefficient (Wildman–Crippen LogP) is 2.72. The van der Waals surface area contributed by atoms with Crippen molar-refractivity contribution in [2.45, 2.75) is 18.9 Å². The van der Waals surface area contributed by atoms with Crippen LogP contribution in [0.1, 0.15) is 23.4 Å². The second-order valence-electron chi connectivity index (χ2n) is 7.20. The Morgan fingerprint density at radius 3 is 2.41 bits per heavy atom. The lowest BCUT2D eigenvalue weighted by molar-refractivity contribution is 0.0582. The van der Waals surface area contributed by atoms with Gasteiger partial charge in [0.15, 0.2) is 5.76 Å². The van der Waals surface area contributed by atoms with E-state index in [1.807, 2.05) is 17.0 Å². The molecule has 0 atom stereocenters. The zero-order chi connectivity index (χ0) is 18.6. The lowest BCUT2D eigenvalue weighted by Gasteiger charge is -2.43. The van der Waals surface area contributed by atoms with E-state index in [2.05, 4.69) is 21.9 Å². The molecule has 0 spiro atoms. The van der Waals surface area contributed by atoms with E-state index in [1.54, 1.807) is 25.5 Å². The van der Waals surface area contributed by atoms with Crippen molar-refractivity contribution in [3.63, 3.8) is 0 Å². The summed E-state index contributed by atoms with van der Waals surface area (Å²) in [5, 5.41) is 0. The summed E-state index contributed by atoms with van der Waals surface area (Å²) in [6.07, 6.45) is 3.61. The summed E-state index contributed by atoms with van der Waals surface area (Å²) in [5.41, 5.74) is 1.18. The Bertz CT molecular complexity index is 746. The normalized spacial score (nSPS) is 19.3. The van der Waals surface area contributed by atoms with E-state index < -0.39 is 0 Å². The average molecular weight is 369 g/mol. The molecule has 2 fully saturated rings. The Morgan fingerprint density at radius 1 is 1.00 bits per heavy atom. The number of anilines is 1. The number of piperazine rings is 1. The van der Waals surface area contributed by atoms with Crippen LogP contribution in [0.3, 0.4) is 0 Å². The van der Waals surface area contributed by atoms with Gasteiger partial charge in [0.1, 0.15) is 5.75 Å². The van der Waals surface area contributed by atoms with Crippen LogP contribution in [0.5, 0.6) is 5.75 Å². The SMILES string of the molecule is COc1ccccc1N1CCN(C2CCN(C(=O)c3ccco3)CC2)CC1. The van der Waals surface area contributed by atoms with Crippen molar-refractivity contribution in [3.05, 3.63) is 48.4 Å². The molecule has 1 aromatic carbocycles. The number of ether oxygens (including phenoxy) is 1. The number of hydrogen-bond donors (Lipinski definition) is 0. The van der Waals surface area contributed by atoms with Crippen molar-refractivity contribution >= 4 is 11.6 Å². The van der Waals surface area contributed by atoms with Gasteiger partial charge in [-0.05, 0) is 37.1 Å². The third kappa shape index (κ3) is 3.81. The minimum Gasteiger partial charge on any atom is -0.495 e. The third-order valence-electron chi connectivity index (χ3n) is 5.74. The second kappa shape index (κ2) is 8.05. The lowest BCUT2D eigenvalue weighted by Crippen LogP contribution is -2.53. The lowest BCUT2D eigenvalue weighted by atomic mass is 10.0. The highest BCUT2D eigenvalue weighted by Crippen LogP contribution is 2.29. The molecule has 0 bridgehead atoms. The van der Waals surface area contributed by atoms with Gasteiger partial charge >= 0.3 is 0 Å².